The second-order valence-electron chi connectivity index (χ2n) is 4.51. The summed E-state index contributed by atoms with van der Waals surface area (Å²) in [6, 6.07) is 9.34. The van der Waals surface area contributed by atoms with Crippen molar-refractivity contribution in [1.29, 1.82) is 0 Å². The third-order valence-corrected chi connectivity index (χ3v) is 3.23. The van der Waals surface area contributed by atoms with Crippen molar-refractivity contribution in [3.63, 3.8) is 0 Å². The van der Waals surface area contributed by atoms with Gasteiger partial charge >= 0.3 is 0 Å². The molecule has 4 nitrogen and oxygen atoms in total. The maximum absolute atomic E-state index is 13.2. The van der Waals surface area contributed by atoms with E-state index < -0.39 is 5.82 Å². The number of carbonyl (C=O) groups is 1. The van der Waals surface area contributed by atoms with Crippen LogP contribution in [0, 0.1) is 12.7 Å². The van der Waals surface area contributed by atoms with Crippen LogP contribution in [0.2, 0.25) is 0 Å². The molecule has 0 unspecified atom stereocenters. The Morgan fingerprint density at radius 1 is 1.33 bits per heavy atom. The zero-order valence-corrected chi connectivity index (χ0v) is 12.9. The van der Waals surface area contributed by atoms with Crippen LogP contribution in [0.1, 0.15) is 5.56 Å². The van der Waals surface area contributed by atoms with Gasteiger partial charge in [-0.05, 0) is 36.8 Å². The highest BCUT2D eigenvalue weighted by molar-refractivity contribution is 9.10. The Labute approximate surface area is 130 Å². The molecule has 0 spiro atoms. The number of rotatable bonds is 4. The van der Waals surface area contributed by atoms with Crippen LogP contribution in [0.4, 0.5) is 15.8 Å². The first kappa shape index (κ1) is 15.3. The van der Waals surface area contributed by atoms with Gasteiger partial charge in [0.15, 0.2) is 6.61 Å². The van der Waals surface area contributed by atoms with Crippen molar-refractivity contribution in [2.24, 2.45) is 0 Å². The van der Waals surface area contributed by atoms with Gasteiger partial charge in [0.1, 0.15) is 11.6 Å². The van der Waals surface area contributed by atoms with Crippen molar-refractivity contribution in [1.82, 2.24) is 0 Å². The van der Waals surface area contributed by atoms with E-state index in [9.17, 15) is 9.18 Å². The lowest BCUT2D eigenvalue weighted by molar-refractivity contribution is -0.118. The largest absolute Gasteiger partial charge is 0.484 e. The average molecular weight is 353 g/mol. The molecule has 0 aliphatic rings. The van der Waals surface area contributed by atoms with E-state index >= 15 is 0 Å². The molecule has 0 bridgehead atoms. The molecule has 6 heteroatoms. The molecular weight excluding hydrogens is 339 g/mol. The molecule has 1 amide bonds. The van der Waals surface area contributed by atoms with Gasteiger partial charge in [-0.3, -0.25) is 4.79 Å². The number of anilines is 2. The van der Waals surface area contributed by atoms with E-state index in [1.54, 1.807) is 18.2 Å². The number of nitrogen functional groups attached to an aromatic ring is 1. The highest BCUT2D eigenvalue weighted by Crippen LogP contribution is 2.21. The van der Waals surface area contributed by atoms with E-state index in [2.05, 4.69) is 21.2 Å². The van der Waals surface area contributed by atoms with Crippen LogP contribution in [0.25, 0.3) is 0 Å². The third kappa shape index (κ3) is 4.46. The zero-order valence-electron chi connectivity index (χ0n) is 11.3. The van der Waals surface area contributed by atoms with Crippen LogP contribution in [0.3, 0.4) is 0 Å². The van der Waals surface area contributed by atoms with Crippen molar-refractivity contribution >= 4 is 33.2 Å². The Kier molecular flexibility index (Phi) is 4.80. The van der Waals surface area contributed by atoms with Gasteiger partial charge in [-0.2, -0.15) is 0 Å². The minimum absolute atomic E-state index is 0.219. The maximum atomic E-state index is 13.2. The Morgan fingerprint density at radius 3 is 2.76 bits per heavy atom. The van der Waals surface area contributed by atoms with Crippen LogP contribution >= 0.6 is 15.9 Å². The first-order valence-electron chi connectivity index (χ1n) is 6.19. The van der Waals surface area contributed by atoms with E-state index in [-0.39, 0.29) is 18.3 Å². The number of ether oxygens (including phenoxy) is 1. The smallest absolute Gasteiger partial charge is 0.262 e. The summed E-state index contributed by atoms with van der Waals surface area (Å²) in [5.74, 6) is -0.509. The zero-order chi connectivity index (χ0) is 15.4. The van der Waals surface area contributed by atoms with E-state index in [0.717, 1.165) is 5.56 Å². The number of amides is 1. The van der Waals surface area contributed by atoms with Gasteiger partial charge < -0.3 is 15.8 Å². The molecule has 2 aromatic rings. The fourth-order valence-corrected chi connectivity index (χ4v) is 2.12. The summed E-state index contributed by atoms with van der Waals surface area (Å²) in [4.78, 5) is 11.8. The monoisotopic (exact) mass is 352 g/mol. The normalized spacial score (nSPS) is 10.2. The van der Waals surface area contributed by atoms with Crippen molar-refractivity contribution < 1.29 is 13.9 Å². The van der Waals surface area contributed by atoms with Gasteiger partial charge in [0, 0.05) is 21.9 Å². The van der Waals surface area contributed by atoms with Crippen molar-refractivity contribution in [3.05, 3.63) is 52.3 Å². The molecule has 2 rings (SSSR count). The lowest BCUT2D eigenvalue weighted by Crippen LogP contribution is -2.20. The SMILES string of the molecule is Cc1ccc(NC(=O)COc2cc(F)cc(Br)c2)cc1N. The Balaban J connectivity index is 1.94. The minimum Gasteiger partial charge on any atom is -0.484 e. The highest BCUT2D eigenvalue weighted by Gasteiger charge is 2.06. The first-order chi connectivity index (χ1) is 9.94. The molecule has 0 saturated heterocycles. The second kappa shape index (κ2) is 6.58. The molecule has 0 saturated carbocycles. The minimum atomic E-state index is -0.439. The lowest BCUT2D eigenvalue weighted by Gasteiger charge is -2.09. The molecule has 0 aliphatic carbocycles. The molecule has 0 fully saturated rings. The first-order valence-corrected chi connectivity index (χ1v) is 6.98. The van der Waals surface area contributed by atoms with Crippen molar-refractivity contribution in [3.8, 4) is 5.75 Å². The maximum Gasteiger partial charge on any atom is 0.262 e. The van der Waals surface area contributed by atoms with Gasteiger partial charge in [-0.1, -0.05) is 22.0 Å². The van der Waals surface area contributed by atoms with Crippen LogP contribution in [-0.2, 0) is 4.79 Å². The van der Waals surface area contributed by atoms with Gasteiger partial charge in [-0.25, -0.2) is 4.39 Å². The number of halogens is 2. The summed E-state index contributed by atoms with van der Waals surface area (Å²) >= 11 is 3.15. The summed E-state index contributed by atoms with van der Waals surface area (Å²) < 4.78 is 18.9. The molecule has 0 atom stereocenters. The fourth-order valence-electron chi connectivity index (χ4n) is 1.68. The number of nitrogens with one attached hydrogen (secondary N) is 1. The molecular formula is C15H14BrFN2O2. The average Bonchev–Trinajstić information content (AvgIpc) is 2.40. The topological polar surface area (TPSA) is 64.3 Å². The lowest BCUT2D eigenvalue weighted by atomic mass is 10.2. The van der Waals surface area contributed by atoms with Gasteiger partial charge in [0.05, 0.1) is 0 Å². The predicted octanol–water partition coefficient (Wildman–Crippen LogP) is 3.50. The van der Waals surface area contributed by atoms with Crippen molar-refractivity contribution in [2.75, 3.05) is 17.7 Å². The number of benzene rings is 2. The Bertz CT molecular complexity index is 656. The van der Waals surface area contributed by atoms with Gasteiger partial charge in [0.25, 0.3) is 5.91 Å². The summed E-state index contributed by atoms with van der Waals surface area (Å²) in [6.45, 7) is 1.66. The highest BCUT2D eigenvalue weighted by atomic mass is 79.9. The summed E-state index contributed by atoms with van der Waals surface area (Å²) in [5, 5.41) is 2.66. The molecule has 110 valence electrons. The van der Waals surface area contributed by atoms with Gasteiger partial charge in [-0.15, -0.1) is 0 Å². The van der Waals surface area contributed by atoms with Crippen LogP contribution in [0.5, 0.6) is 5.75 Å². The number of aryl methyl sites for hydroxylation is 1. The molecule has 3 N–H and O–H groups in total. The molecule has 21 heavy (non-hydrogen) atoms. The van der Waals surface area contributed by atoms with Crippen LogP contribution in [-0.4, -0.2) is 12.5 Å². The molecule has 0 heterocycles. The molecule has 2 aromatic carbocycles. The van der Waals surface area contributed by atoms with E-state index in [1.807, 2.05) is 13.0 Å². The number of nitrogens with two attached hydrogens (primary N) is 1. The second-order valence-corrected chi connectivity index (χ2v) is 5.43. The number of hydrogen-bond donors (Lipinski definition) is 2. The number of hydrogen-bond acceptors (Lipinski definition) is 3. The summed E-state index contributed by atoms with van der Waals surface area (Å²) in [5.41, 5.74) is 7.89. The van der Waals surface area contributed by atoms with Crippen LogP contribution in [0.15, 0.2) is 40.9 Å². The summed E-state index contributed by atoms with van der Waals surface area (Å²) in [6.07, 6.45) is 0. The predicted molar refractivity (Wildman–Crippen MR) is 83.8 cm³/mol. The van der Waals surface area contributed by atoms with Crippen molar-refractivity contribution in [2.45, 2.75) is 6.92 Å². The number of carbonyl (C=O) groups excluding carboxylic acids is 1. The molecule has 0 aromatic heterocycles. The summed E-state index contributed by atoms with van der Waals surface area (Å²) in [7, 11) is 0. The van der Waals surface area contributed by atoms with E-state index in [0.29, 0.717) is 15.8 Å². The standard InChI is InChI=1S/C15H14BrFN2O2/c1-9-2-3-12(7-14(9)18)19-15(20)8-21-13-5-10(16)4-11(17)6-13/h2-7H,8,18H2,1H3,(H,19,20). The molecule has 0 radical (unpaired) electrons. The fraction of sp³-hybridized carbons (Fsp3) is 0.133. The Hall–Kier alpha value is -2.08. The van der Waals surface area contributed by atoms with E-state index in [4.69, 9.17) is 10.5 Å². The quantitative estimate of drug-likeness (QED) is 0.827. The van der Waals surface area contributed by atoms with Crippen LogP contribution < -0.4 is 15.8 Å². The third-order valence-electron chi connectivity index (χ3n) is 2.77. The Morgan fingerprint density at radius 2 is 2.10 bits per heavy atom. The van der Waals surface area contributed by atoms with E-state index in [1.165, 1.54) is 12.1 Å². The van der Waals surface area contributed by atoms with Gasteiger partial charge in [0.2, 0.25) is 0 Å². The molecule has 0 aliphatic heterocycles.